The van der Waals surface area contributed by atoms with E-state index >= 15 is 0 Å². The number of rotatable bonds is 5. The largest absolute Gasteiger partial charge is 0.489 e. The van der Waals surface area contributed by atoms with E-state index in [1.165, 1.54) is 35.3 Å². The van der Waals surface area contributed by atoms with Crippen LogP contribution in [0.3, 0.4) is 0 Å². The van der Waals surface area contributed by atoms with Gasteiger partial charge in [0.25, 0.3) is 5.91 Å². The molecule has 0 unspecified atom stereocenters. The van der Waals surface area contributed by atoms with Crippen molar-refractivity contribution in [2.45, 2.75) is 44.8 Å². The number of carbonyl (C=O) groups is 1. The molecule has 2 aliphatic carbocycles. The van der Waals surface area contributed by atoms with Gasteiger partial charge < -0.3 is 10.1 Å². The fraction of sp³-hybridized carbons (Fsp3) is 0.389. The first-order valence-corrected chi connectivity index (χ1v) is 8.79. The predicted molar refractivity (Wildman–Crippen MR) is 87.6 cm³/mol. The lowest BCUT2D eigenvalue weighted by atomic mass is 10.1. The number of hydrogen-bond donors (Lipinski definition) is 1. The summed E-state index contributed by atoms with van der Waals surface area (Å²) < 4.78 is 5.88. The summed E-state index contributed by atoms with van der Waals surface area (Å²) in [6.07, 6.45) is 5.84. The summed E-state index contributed by atoms with van der Waals surface area (Å²) in [5, 5.41) is 5.03. The Hall–Kier alpha value is -1.81. The Labute approximate surface area is 134 Å². The number of nitrogens with one attached hydrogen (secondary N) is 1. The Bertz CT molecular complexity index is 703. The van der Waals surface area contributed by atoms with Gasteiger partial charge in [-0.05, 0) is 66.8 Å². The van der Waals surface area contributed by atoms with Crippen LogP contribution in [-0.2, 0) is 19.4 Å². The Morgan fingerprint density at radius 1 is 1.23 bits per heavy atom. The molecule has 114 valence electrons. The molecule has 0 aliphatic heterocycles. The third kappa shape index (κ3) is 3.02. The van der Waals surface area contributed by atoms with Crippen molar-refractivity contribution in [2.24, 2.45) is 0 Å². The lowest BCUT2D eigenvalue weighted by Crippen LogP contribution is -2.24. The first-order chi connectivity index (χ1) is 10.8. The van der Waals surface area contributed by atoms with E-state index in [2.05, 4.69) is 23.5 Å². The van der Waals surface area contributed by atoms with Crippen molar-refractivity contribution >= 4 is 17.2 Å². The van der Waals surface area contributed by atoms with Crippen LogP contribution in [0.25, 0.3) is 0 Å². The Kier molecular flexibility index (Phi) is 3.62. The van der Waals surface area contributed by atoms with Gasteiger partial charge in [0.15, 0.2) is 0 Å². The van der Waals surface area contributed by atoms with Gasteiger partial charge in [-0.2, -0.15) is 0 Å². The third-order valence-corrected chi connectivity index (χ3v) is 5.24. The molecule has 2 aliphatic rings. The summed E-state index contributed by atoms with van der Waals surface area (Å²) in [5.74, 6) is 0.979. The second-order valence-electron chi connectivity index (χ2n) is 6.14. The maximum Gasteiger partial charge on any atom is 0.261 e. The lowest BCUT2D eigenvalue weighted by Gasteiger charge is -2.07. The van der Waals surface area contributed by atoms with E-state index < -0.39 is 0 Å². The third-order valence-electron chi connectivity index (χ3n) is 4.27. The number of aryl methyl sites for hydroxylation is 2. The van der Waals surface area contributed by atoms with Gasteiger partial charge >= 0.3 is 0 Å². The molecule has 1 aromatic heterocycles. The molecule has 22 heavy (non-hydrogen) atoms. The standard InChI is InChI=1S/C18H19NO2S/c20-18(19-15-5-6-15)17-8-12(11-22-17)10-21-16-7-4-13-2-1-3-14(13)9-16/h4,7-9,11,15H,1-3,5-6,10H2,(H,19,20). The molecule has 3 nitrogen and oxygen atoms in total. The van der Waals surface area contributed by atoms with Gasteiger partial charge in [-0.3, -0.25) is 4.79 Å². The number of carbonyl (C=O) groups excluding carboxylic acids is 1. The molecule has 0 spiro atoms. The average Bonchev–Trinajstić information content (AvgIpc) is 3.05. The second kappa shape index (κ2) is 5.76. The topological polar surface area (TPSA) is 38.3 Å². The van der Waals surface area contributed by atoms with Crippen molar-refractivity contribution in [3.8, 4) is 5.75 Å². The number of fused-ring (bicyclic) bond motifs is 1. The highest BCUT2D eigenvalue weighted by atomic mass is 32.1. The van der Waals surface area contributed by atoms with Crippen LogP contribution in [0.15, 0.2) is 29.6 Å². The molecule has 1 amide bonds. The molecule has 1 saturated carbocycles. The number of ether oxygens (including phenoxy) is 1. The van der Waals surface area contributed by atoms with E-state index in [0.717, 1.165) is 35.5 Å². The van der Waals surface area contributed by atoms with Crippen LogP contribution in [0.4, 0.5) is 0 Å². The number of hydrogen-bond acceptors (Lipinski definition) is 3. The van der Waals surface area contributed by atoms with E-state index in [-0.39, 0.29) is 5.91 Å². The van der Waals surface area contributed by atoms with Gasteiger partial charge in [-0.25, -0.2) is 0 Å². The zero-order chi connectivity index (χ0) is 14.9. The van der Waals surface area contributed by atoms with Gasteiger partial charge in [0.2, 0.25) is 0 Å². The number of benzene rings is 1. The van der Waals surface area contributed by atoms with Crippen molar-refractivity contribution in [2.75, 3.05) is 0 Å². The van der Waals surface area contributed by atoms with E-state index in [0.29, 0.717) is 12.6 Å². The molecule has 0 saturated heterocycles. The van der Waals surface area contributed by atoms with Crippen molar-refractivity contribution in [3.63, 3.8) is 0 Å². The molecule has 0 bridgehead atoms. The zero-order valence-electron chi connectivity index (χ0n) is 12.4. The minimum Gasteiger partial charge on any atom is -0.489 e. The molecule has 1 N–H and O–H groups in total. The van der Waals surface area contributed by atoms with Crippen molar-refractivity contribution in [1.82, 2.24) is 5.32 Å². The van der Waals surface area contributed by atoms with Gasteiger partial charge in [0.1, 0.15) is 12.4 Å². The van der Waals surface area contributed by atoms with Crippen molar-refractivity contribution < 1.29 is 9.53 Å². The summed E-state index contributed by atoms with van der Waals surface area (Å²) in [6, 6.07) is 8.74. The minimum atomic E-state index is 0.0521. The SMILES string of the molecule is O=C(NC1CC1)c1cc(COc2ccc3c(c2)CCC3)cs1. The first-order valence-electron chi connectivity index (χ1n) is 7.91. The maximum atomic E-state index is 12.0. The van der Waals surface area contributed by atoms with Crippen molar-refractivity contribution in [3.05, 3.63) is 51.2 Å². The van der Waals surface area contributed by atoms with Gasteiger partial charge in [-0.1, -0.05) is 6.07 Å². The van der Waals surface area contributed by atoms with Gasteiger partial charge in [0.05, 0.1) is 4.88 Å². The van der Waals surface area contributed by atoms with Crippen LogP contribution in [0.2, 0.25) is 0 Å². The maximum absolute atomic E-state index is 12.0. The summed E-state index contributed by atoms with van der Waals surface area (Å²) in [4.78, 5) is 12.7. The highest BCUT2D eigenvalue weighted by Gasteiger charge is 2.24. The Balaban J connectivity index is 1.37. The molecular weight excluding hydrogens is 294 g/mol. The Morgan fingerprint density at radius 3 is 2.95 bits per heavy atom. The molecule has 2 aromatic rings. The summed E-state index contributed by atoms with van der Waals surface area (Å²) in [7, 11) is 0. The monoisotopic (exact) mass is 313 g/mol. The molecule has 4 heteroatoms. The molecule has 1 fully saturated rings. The fourth-order valence-corrected chi connectivity index (χ4v) is 3.66. The zero-order valence-corrected chi connectivity index (χ0v) is 13.2. The van der Waals surface area contributed by atoms with Gasteiger partial charge in [0, 0.05) is 11.6 Å². The normalized spacial score (nSPS) is 16.4. The quantitative estimate of drug-likeness (QED) is 0.914. The van der Waals surface area contributed by atoms with Crippen LogP contribution in [-0.4, -0.2) is 11.9 Å². The molecular formula is C18H19NO2S. The van der Waals surface area contributed by atoms with E-state index in [9.17, 15) is 4.79 Å². The van der Waals surface area contributed by atoms with Crippen molar-refractivity contribution in [1.29, 1.82) is 0 Å². The fourth-order valence-electron chi connectivity index (χ4n) is 2.86. The molecule has 0 radical (unpaired) electrons. The molecule has 1 aromatic carbocycles. The van der Waals surface area contributed by atoms with E-state index in [1.807, 2.05) is 11.4 Å². The number of thiophene rings is 1. The first kappa shape index (κ1) is 13.8. The van der Waals surface area contributed by atoms with E-state index in [1.54, 1.807) is 0 Å². The molecule has 1 heterocycles. The molecule has 4 rings (SSSR count). The second-order valence-corrected chi connectivity index (χ2v) is 7.05. The highest BCUT2D eigenvalue weighted by molar-refractivity contribution is 7.12. The van der Waals surface area contributed by atoms with Crippen LogP contribution in [0, 0.1) is 0 Å². The summed E-state index contributed by atoms with van der Waals surface area (Å²) in [6.45, 7) is 0.520. The predicted octanol–water partition coefficient (Wildman–Crippen LogP) is 3.71. The minimum absolute atomic E-state index is 0.0521. The van der Waals surface area contributed by atoms with Crippen LogP contribution >= 0.6 is 11.3 Å². The summed E-state index contributed by atoms with van der Waals surface area (Å²) >= 11 is 1.49. The highest BCUT2D eigenvalue weighted by Crippen LogP contribution is 2.27. The van der Waals surface area contributed by atoms with Gasteiger partial charge in [-0.15, -0.1) is 11.3 Å². The average molecular weight is 313 g/mol. The Morgan fingerprint density at radius 2 is 2.09 bits per heavy atom. The smallest absolute Gasteiger partial charge is 0.261 e. The van der Waals surface area contributed by atoms with Crippen LogP contribution < -0.4 is 10.1 Å². The lowest BCUT2D eigenvalue weighted by molar-refractivity contribution is 0.0955. The van der Waals surface area contributed by atoms with Crippen LogP contribution in [0.1, 0.15) is 45.6 Å². The van der Waals surface area contributed by atoms with Crippen LogP contribution in [0.5, 0.6) is 5.75 Å². The van der Waals surface area contributed by atoms with E-state index in [4.69, 9.17) is 4.74 Å². The summed E-state index contributed by atoms with van der Waals surface area (Å²) in [5.41, 5.74) is 3.95. The molecule has 0 atom stereocenters. The number of amides is 1.